The van der Waals surface area contributed by atoms with E-state index in [-0.39, 0.29) is 18.1 Å². The van der Waals surface area contributed by atoms with Crippen molar-refractivity contribution in [3.8, 4) is 0 Å². The molecule has 1 saturated carbocycles. The smallest absolute Gasteiger partial charge is 0.314 e. The van der Waals surface area contributed by atoms with E-state index in [1.54, 1.807) is 0 Å². The van der Waals surface area contributed by atoms with Crippen LogP contribution in [0, 0.1) is 11.3 Å². The van der Waals surface area contributed by atoms with Gasteiger partial charge >= 0.3 is 6.03 Å². The lowest BCUT2D eigenvalue weighted by Crippen LogP contribution is -2.40. The molecule has 1 aliphatic carbocycles. The molecule has 2 amide bonds. The van der Waals surface area contributed by atoms with Crippen LogP contribution in [-0.4, -0.2) is 30.3 Å². The van der Waals surface area contributed by atoms with E-state index >= 15 is 0 Å². The molecule has 0 spiro atoms. The molecule has 3 N–H and O–H groups in total. The minimum atomic E-state index is -0.333. The first-order valence-corrected chi connectivity index (χ1v) is 6.69. The van der Waals surface area contributed by atoms with E-state index in [0.717, 1.165) is 13.0 Å². The van der Waals surface area contributed by atoms with Gasteiger partial charge in [-0.3, -0.25) is 0 Å². The summed E-state index contributed by atoms with van der Waals surface area (Å²) in [4.78, 5) is 11.5. The second-order valence-corrected chi connectivity index (χ2v) is 5.56. The SMILES string of the molecule is CCC1(CNC(=O)NCCC(O)C(C)C)CC1. The molecule has 17 heavy (non-hydrogen) atoms. The maximum absolute atomic E-state index is 11.5. The first-order valence-electron chi connectivity index (χ1n) is 6.69. The summed E-state index contributed by atoms with van der Waals surface area (Å²) >= 11 is 0. The average molecular weight is 242 g/mol. The number of amides is 2. The maximum atomic E-state index is 11.5. The Morgan fingerprint density at radius 2 is 2.00 bits per heavy atom. The summed E-state index contributed by atoms with van der Waals surface area (Å²) in [6.07, 6.45) is 3.88. The third-order valence-corrected chi connectivity index (χ3v) is 3.83. The van der Waals surface area contributed by atoms with Crippen molar-refractivity contribution in [2.75, 3.05) is 13.1 Å². The highest BCUT2D eigenvalue weighted by Gasteiger charge is 2.40. The quantitative estimate of drug-likeness (QED) is 0.638. The van der Waals surface area contributed by atoms with Gasteiger partial charge in [0.2, 0.25) is 0 Å². The van der Waals surface area contributed by atoms with Crippen LogP contribution in [-0.2, 0) is 0 Å². The lowest BCUT2D eigenvalue weighted by Gasteiger charge is -2.16. The Kier molecular flexibility index (Phi) is 5.25. The Morgan fingerprint density at radius 1 is 1.35 bits per heavy atom. The van der Waals surface area contributed by atoms with Gasteiger partial charge < -0.3 is 15.7 Å². The van der Waals surface area contributed by atoms with Crippen LogP contribution in [0.3, 0.4) is 0 Å². The molecule has 1 unspecified atom stereocenters. The van der Waals surface area contributed by atoms with Gasteiger partial charge in [-0.15, -0.1) is 0 Å². The van der Waals surface area contributed by atoms with Gasteiger partial charge in [0.15, 0.2) is 0 Å². The van der Waals surface area contributed by atoms with Gasteiger partial charge in [0.1, 0.15) is 0 Å². The number of rotatable bonds is 7. The van der Waals surface area contributed by atoms with Crippen molar-refractivity contribution in [2.45, 2.75) is 52.6 Å². The second-order valence-electron chi connectivity index (χ2n) is 5.56. The fraction of sp³-hybridized carbons (Fsp3) is 0.923. The number of carbonyl (C=O) groups is 1. The summed E-state index contributed by atoms with van der Waals surface area (Å²) in [5.74, 6) is 0.245. The highest BCUT2D eigenvalue weighted by Crippen LogP contribution is 2.47. The van der Waals surface area contributed by atoms with Gasteiger partial charge in [0, 0.05) is 13.1 Å². The van der Waals surface area contributed by atoms with Crippen molar-refractivity contribution in [3.63, 3.8) is 0 Å². The number of hydrogen-bond acceptors (Lipinski definition) is 2. The molecule has 4 heteroatoms. The number of nitrogens with one attached hydrogen (secondary N) is 2. The minimum absolute atomic E-state index is 0.110. The molecule has 0 aromatic carbocycles. The maximum Gasteiger partial charge on any atom is 0.314 e. The van der Waals surface area contributed by atoms with Gasteiger partial charge in [0.05, 0.1) is 6.10 Å². The van der Waals surface area contributed by atoms with E-state index in [1.165, 1.54) is 12.8 Å². The molecule has 0 heterocycles. The number of aliphatic hydroxyl groups excluding tert-OH is 1. The Morgan fingerprint density at radius 3 is 2.47 bits per heavy atom. The Hall–Kier alpha value is -0.770. The minimum Gasteiger partial charge on any atom is -0.393 e. The molecule has 1 rings (SSSR count). The van der Waals surface area contributed by atoms with Crippen LogP contribution in [0.1, 0.15) is 46.5 Å². The third kappa shape index (κ3) is 4.94. The van der Waals surface area contributed by atoms with Crippen LogP contribution in [0.4, 0.5) is 4.79 Å². The predicted molar refractivity (Wildman–Crippen MR) is 68.8 cm³/mol. The second kappa shape index (κ2) is 6.24. The van der Waals surface area contributed by atoms with Crippen molar-refractivity contribution < 1.29 is 9.90 Å². The van der Waals surface area contributed by atoms with Crippen molar-refractivity contribution >= 4 is 6.03 Å². The largest absolute Gasteiger partial charge is 0.393 e. The standard InChI is InChI=1S/C13H26N2O2/c1-4-13(6-7-13)9-15-12(17)14-8-5-11(16)10(2)3/h10-11,16H,4-9H2,1-3H3,(H2,14,15,17). The molecule has 0 radical (unpaired) electrons. The number of aliphatic hydroxyl groups is 1. The summed E-state index contributed by atoms with van der Waals surface area (Å²) in [6.45, 7) is 7.43. The first-order chi connectivity index (χ1) is 7.99. The van der Waals surface area contributed by atoms with Crippen LogP contribution in [0.2, 0.25) is 0 Å². The lowest BCUT2D eigenvalue weighted by atomic mass is 10.0. The topological polar surface area (TPSA) is 61.4 Å². The molecule has 0 aromatic rings. The summed E-state index contributed by atoms with van der Waals surface area (Å²) in [7, 11) is 0. The first kappa shape index (κ1) is 14.3. The Labute approximate surface area is 104 Å². The summed E-state index contributed by atoms with van der Waals surface area (Å²) in [5, 5.41) is 15.3. The molecule has 100 valence electrons. The fourth-order valence-corrected chi connectivity index (χ4v) is 1.83. The molecule has 4 nitrogen and oxygen atoms in total. The molecule has 0 aliphatic heterocycles. The van der Waals surface area contributed by atoms with E-state index < -0.39 is 0 Å². The highest BCUT2D eigenvalue weighted by atomic mass is 16.3. The van der Waals surface area contributed by atoms with E-state index in [4.69, 9.17) is 0 Å². The number of hydrogen-bond donors (Lipinski definition) is 3. The summed E-state index contributed by atoms with van der Waals surface area (Å²) in [5.41, 5.74) is 0.384. The predicted octanol–water partition coefficient (Wildman–Crippen LogP) is 1.88. The van der Waals surface area contributed by atoms with Crippen LogP contribution in [0.15, 0.2) is 0 Å². The van der Waals surface area contributed by atoms with Gasteiger partial charge in [-0.05, 0) is 37.0 Å². The number of urea groups is 1. The van der Waals surface area contributed by atoms with E-state index in [2.05, 4.69) is 17.6 Å². The summed E-state index contributed by atoms with van der Waals surface area (Å²) in [6, 6.07) is -0.110. The molecular formula is C13H26N2O2. The van der Waals surface area contributed by atoms with E-state index in [1.807, 2.05) is 13.8 Å². The van der Waals surface area contributed by atoms with Gasteiger partial charge in [-0.2, -0.15) is 0 Å². The van der Waals surface area contributed by atoms with Gasteiger partial charge in [-0.1, -0.05) is 20.8 Å². The Bertz CT molecular complexity index is 250. The van der Waals surface area contributed by atoms with Gasteiger partial charge in [0.25, 0.3) is 0 Å². The van der Waals surface area contributed by atoms with E-state index in [0.29, 0.717) is 18.4 Å². The van der Waals surface area contributed by atoms with Crippen LogP contribution in [0.25, 0.3) is 0 Å². The Balaban J connectivity index is 2.05. The zero-order chi connectivity index (χ0) is 12.9. The fourth-order valence-electron chi connectivity index (χ4n) is 1.83. The van der Waals surface area contributed by atoms with Crippen LogP contribution in [0.5, 0.6) is 0 Å². The van der Waals surface area contributed by atoms with Crippen molar-refractivity contribution in [3.05, 3.63) is 0 Å². The average Bonchev–Trinajstić information content (AvgIpc) is 3.07. The van der Waals surface area contributed by atoms with Crippen molar-refractivity contribution in [1.29, 1.82) is 0 Å². The van der Waals surface area contributed by atoms with E-state index in [9.17, 15) is 9.90 Å². The number of carbonyl (C=O) groups excluding carboxylic acids is 1. The molecule has 1 aliphatic rings. The molecule has 0 bridgehead atoms. The molecule has 1 fully saturated rings. The van der Waals surface area contributed by atoms with Crippen molar-refractivity contribution in [2.24, 2.45) is 11.3 Å². The van der Waals surface area contributed by atoms with Crippen LogP contribution >= 0.6 is 0 Å². The molecule has 1 atom stereocenters. The highest BCUT2D eigenvalue weighted by molar-refractivity contribution is 5.73. The monoisotopic (exact) mass is 242 g/mol. The summed E-state index contributed by atoms with van der Waals surface area (Å²) < 4.78 is 0. The third-order valence-electron chi connectivity index (χ3n) is 3.83. The zero-order valence-electron chi connectivity index (χ0n) is 11.3. The lowest BCUT2D eigenvalue weighted by molar-refractivity contribution is 0.116. The molecule has 0 aromatic heterocycles. The molecular weight excluding hydrogens is 216 g/mol. The van der Waals surface area contributed by atoms with Crippen LogP contribution < -0.4 is 10.6 Å². The normalized spacial score (nSPS) is 18.9. The van der Waals surface area contributed by atoms with Crippen molar-refractivity contribution in [1.82, 2.24) is 10.6 Å². The zero-order valence-corrected chi connectivity index (χ0v) is 11.3. The molecule has 0 saturated heterocycles. The van der Waals surface area contributed by atoms with Gasteiger partial charge in [-0.25, -0.2) is 4.79 Å².